The molecule has 1 aliphatic heterocycles. The molecule has 1 fully saturated rings. The molecule has 0 aromatic carbocycles. The van der Waals surface area contributed by atoms with E-state index in [9.17, 15) is 0 Å². The Morgan fingerprint density at radius 1 is 1.54 bits per heavy atom. The zero-order valence-electron chi connectivity index (χ0n) is 8.93. The van der Waals surface area contributed by atoms with Crippen LogP contribution in [0.3, 0.4) is 0 Å². The molecule has 0 radical (unpaired) electrons. The van der Waals surface area contributed by atoms with Gasteiger partial charge < -0.3 is 10.2 Å². The van der Waals surface area contributed by atoms with Crippen molar-refractivity contribution in [3.63, 3.8) is 0 Å². The smallest absolute Gasteiger partial charge is 0.0576 e. The number of likely N-dealkylation sites (tertiary alicyclic amines) is 1. The lowest BCUT2D eigenvalue weighted by Crippen LogP contribution is -2.25. The molecule has 2 heteroatoms. The van der Waals surface area contributed by atoms with Gasteiger partial charge in [0.15, 0.2) is 0 Å². The van der Waals surface area contributed by atoms with Crippen LogP contribution in [0.4, 0.5) is 0 Å². The molecule has 13 heavy (non-hydrogen) atoms. The van der Waals surface area contributed by atoms with Crippen molar-refractivity contribution in [3.8, 4) is 11.8 Å². The molecule has 1 aliphatic rings. The van der Waals surface area contributed by atoms with Crippen LogP contribution >= 0.6 is 0 Å². The zero-order chi connectivity index (χ0) is 9.68. The molecule has 1 heterocycles. The maximum absolute atomic E-state index is 3.37. The second-order valence-corrected chi connectivity index (χ2v) is 3.95. The summed E-state index contributed by atoms with van der Waals surface area (Å²) in [6, 6.07) is 0.754. The fourth-order valence-electron chi connectivity index (χ4n) is 1.90. The largest absolute Gasteiger partial charge is 0.306 e. The summed E-state index contributed by atoms with van der Waals surface area (Å²) in [6.45, 7) is 7.36. The van der Waals surface area contributed by atoms with E-state index in [4.69, 9.17) is 0 Å². The van der Waals surface area contributed by atoms with E-state index >= 15 is 0 Å². The second-order valence-electron chi connectivity index (χ2n) is 3.95. The van der Waals surface area contributed by atoms with Crippen LogP contribution in [0.15, 0.2) is 0 Å². The molecule has 2 unspecified atom stereocenters. The number of hydrogen-bond acceptors (Lipinski definition) is 2. The molecule has 1 N–H and O–H groups in total. The average molecular weight is 180 g/mol. The fraction of sp³-hybridized carbons (Fsp3) is 0.818. The molecule has 0 bridgehead atoms. The summed E-state index contributed by atoms with van der Waals surface area (Å²) >= 11 is 0. The Hall–Kier alpha value is -0.520. The summed E-state index contributed by atoms with van der Waals surface area (Å²) in [4.78, 5) is 2.43. The molecule has 0 aromatic rings. The highest BCUT2D eigenvalue weighted by molar-refractivity contribution is 4.97. The Morgan fingerprint density at radius 3 is 2.85 bits per heavy atom. The topological polar surface area (TPSA) is 15.3 Å². The van der Waals surface area contributed by atoms with Crippen molar-refractivity contribution < 1.29 is 0 Å². The first-order chi connectivity index (χ1) is 6.24. The third-order valence-corrected chi connectivity index (χ3v) is 2.80. The van der Waals surface area contributed by atoms with Crippen molar-refractivity contribution >= 4 is 0 Å². The monoisotopic (exact) mass is 180 g/mol. The third kappa shape index (κ3) is 3.38. The van der Waals surface area contributed by atoms with Crippen molar-refractivity contribution in [3.05, 3.63) is 0 Å². The van der Waals surface area contributed by atoms with Gasteiger partial charge in [-0.1, -0.05) is 5.92 Å². The second kappa shape index (κ2) is 5.26. The van der Waals surface area contributed by atoms with Gasteiger partial charge in [0, 0.05) is 19.1 Å². The van der Waals surface area contributed by atoms with Crippen LogP contribution in [-0.2, 0) is 0 Å². The minimum atomic E-state index is 0.754. The van der Waals surface area contributed by atoms with Crippen LogP contribution in [0.2, 0.25) is 0 Å². The highest BCUT2D eigenvalue weighted by atomic mass is 15.2. The van der Waals surface area contributed by atoms with Gasteiger partial charge in [0.2, 0.25) is 0 Å². The van der Waals surface area contributed by atoms with Crippen LogP contribution in [-0.4, -0.2) is 37.6 Å². The van der Waals surface area contributed by atoms with E-state index in [0.717, 1.165) is 25.0 Å². The maximum atomic E-state index is 3.37. The fourth-order valence-corrected chi connectivity index (χ4v) is 1.90. The van der Waals surface area contributed by atoms with Gasteiger partial charge in [-0.05, 0) is 33.2 Å². The Morgan fingerprint density at radius 2 is 2.31 bits per heavy atom. The van der Waals surface area contributed by atoms with Crippen LogP contribution in [0.25, 0.3) is 0 Å². The SMILES string of the molecule is CC#CCNCC1CC(C)N(C)C1. The Bertz CT molecular complexity index is 192. The van der Waals surface area contributed by atoms with Crippen molar-refractivity contribution in [1.82, 2.24) is 10.2 Å². The predicted octanol–water partition coefficient (Wildman–Crippen LogP) is 0.940. The molecule has 0 aromatic heterocycles. The van der Waals surface area contributed by atoms with Crippen LogP contribution in [0.1, 0.15) is 20.3 Å². The summed E-state index contributed by atoms with van der Waals surface area (Å²) in [6.07, 6.45) is 1.32. The third-order valence-electron chi connectivity index (χ3n) is 2.80. The summed E-state index contributed by atoms with van der Waals surface area (Å²) < 4.78 is 0. The van der Waals surface area contributed by atoms with Crippen molar-refractivity contribution in [2.24, 2.45) is 5.92 Å². The van der Waals surface area contributed by atoms with Gasteiger partial charge in [0.1, 0.15) is 0 Å². The van der Waals surface area contributed by atoms with Crippen molar-refractivity contribution in [2.75, 3.05) is 26.7 Å². The molecule has 0 amide bonds. The Balaban J connectivity index is 2.12. The van der Waals surface area contributed by atoms with Gasteiger partial charge in [-0.25, -0.2) is 0 Å². The molecule has 74 valence electrons. The highest BCUT2D eigenvalue weighted by Gasteiger charge is 2.25. The minimum absolute atomic E-state index is 0.754. The van der Waals surface area contributed by atoms with Crippen molar-refractivity contribution in [2.45, 2.75) is 26.3 Å². The predicted molar refractivity (Wildman–Crippen MR) is 56.5 cm³/mol. The summed E-state index contributed by atoms with van der Waals surface area (Å²) in [7, 11) is 2.20. The lowest BCUT2D eigenvalue weighted by molar-refractivity contribution is 0.324. The van der Waals surface area contributed by atoms with E-state index in [1.807, 2.05) is 6.92 Å². The molecule has 0 spiro atoms. The number of nitrogens with one attached hydrogen (secondary N) is 1. The maximum Gasteiger partial charge on any atom is 0.0576 e. The molecule has 2 atom stereocenters. The standard InChI is InChI=1S/C11H20N2/c1-4-5-6-12-8-11-7-10(2)13(3)9-11/h10-12H,6-9H2,1-3H3. The van der Waals surface area contributed by atoms with E-state index in [-0.39, 0.29) is 0 Å². The van der Waals surface area contributed by atoms with E-state index in [1.54, 1.807) is 0 Å². The quantitative estimate of drug-likeness (QED) is 0.513. The van der Waals surface area contributed by atoms with Crippen molar-refractivity contribution in [1.29, 1.82) is 0 Å². The summed E-state index contributed by atoms with van der Waals surface area (Å²) in [5, 5.41) is 3.37. The first kappa shape index (κ1) is 10.6. The van der Waals surface area contributed by atoms with Gasteiger partial charge >= 0.3 is 0 Å². The first-order valence-electron chi connectivity index (χ1n) is 5.04. The Labute approximate surface area is 81.7 Å². The Kier molecular flexibility index (Phi) is 4.27. The number of hydrogen-bond donors (Lipinski definition) is 1. The lowest BCUT2D eigenvalue weighted by atomic mass is 10.1. The zero-order valence-corrected chi connectivity index (χ0v) is 8.93. The van der Waals surface area contributed by atoms with E-state index in [1.165, 1.54) is 13.0 Å². The van der Waals surface area contributed by atoms with Gasteiger partial charge in [-0.3, -0.25) is 0 Å². The van der Waals surface area contributed by atoms with E-state index in [0.29, 0.717) is 0 Å². The van der Waals surface area contributed by atoms with Gasteiger partial charge in [0.25, 0.3) is 0 Å². The van der Waals surface area contributed by atoms with E-state index < -0.39 is 0 Å². The molecule has 0 aliphatic carbocycles. The molecule has 1 saturated heterocycles. The molecule has 0 saturated carbocycles. The summed E-state index contributed by atoms with van der Waals surface area (Å²) in [5.74, 6) is 6.73. The minimum Gasteiger partial charge on any atom is -0.306 e. The van der Waals surface area contributed by atoms with Crippen LogP contribution < -0.4 is 5.32 Å². The number of nitrogens with zero attached hydrogens (tertiary/aromatic N) is 1. The van der Waals surface area contributed by atoms with Crippen LogP contribution in [0, 0.1) is 17.8 Å². The first-order valence-corrected chi connectivity index (χ1v) is 5.04. The molecular weight excluding hydrogens is 160 g/mol. The van der Waals surface area contributed by atoms with Gasteiger partial charge in [-0.2, -0.15) is 0 Å². The summed E-state index contributed by atoms with van der Waals surface area (Å²) in [5.41, 5.74) is 0. The van der Waals surface area contributed by atoms with Gasteiger partial charge in [0.05, 0.1) is 6.54 Å². The number of rotatable bonds is 3. The van der Waals surface area contributed by atoms with Gasteiger partial charge in [-0.15, -0.1) is 5.92 Å². The average Bonchev–Trinajstić information content (AvgIpc) is 2.41. The van der Waals surface area contributed by atoms with E-state index in [2.05, 4.69) is 36.0 Å². The molecule has 2 nitrogen and oxygen atoms in total. The lowest BCUT2D eigenvalue weighted by Gasteiger charge is -2.12. The normalized spacial score (nSPS) is 28.5. The molecule has 1 rings (SSSR count). The van der Waals surface area contributed by atoms with Crippen LogP contribution in [0.5, 0.6) is 0 Å². The molecular formula is C11H20N2. The highest BCUT2D eigenvalue weighted by Crippen LogP contribution is 2.19.